The molecule has 0 saturated heterocycles. The van der Waals surface area contributed by atoms with Crippen molar-refractivity contribution in [2.24, 2.45) is 17.8 Å². The lowest BCUT2D eigenvalue weighted by Crippen LogP contribution is -2.03. The van der Waals surface area contributed by atoms with E-state index in [1.165, 1.54) is 25.7 Å². The molecule has 0 aliphatic carbocycles. The molecule has 0 aromatic carbocycles. The zero-order chi connectivity index (χ0) is 11.7. The Morgan fingerprint density at radius 2 is 1.47 bits per heavy atom. The summed E-state index contributed by atoms with van der Waals surface area (Å²) >= 11 is 0. The van der Waals surface area contributed by atoms with E-state index in [4.69, 9.17) is 0 Å². The molecule has 0 N–H and O–H groups in total. The topological polar surface area (TPSA) is 0 Å². The van der Waals surface area contributed by atoms with Gasteiger partial charge >= 0.3 is 0 Å². The molecule has 0 aromatic rings. The third-order valence-electron chi connectivity index (χ3n) is 2.96. The molecule has 0 aromatic heterocycles. The van der Waals surface area contributed by atoms with Crippen LogP contribution < -0.4 is 0 Å². The zero-order valence-electron chi connectivity index (χ0n) is 11.3. The molecule has 15 heavy (non-hydrogen) atoms. The van der Waals surface area contributed by atoms with Gasteiger partial charge in [-0.25, -0.2) is 0 Å². The standard InChI is InChI=1S/C15H28/c1-6-7-8-9-14(4)10-11-15(5)12-13(2)3/h13-15H,8-12H2,1-5H3. The molecular weight excluding hydrogens is 180 g/mol. The van der Waals surface area contributed by atoms with Crippen molar-refractivity contribution in [3.63, 3.8) is 0 Å². The van der Waals surface area contributed by atoms with Crippen molar-refractivity contribution < 1.29 is 0 Å². The molecule has 0 heteroatoms. The molecule has 0 spiro atoms. The van der Waals surface area contributed by atoms with Crippen LogP contribution in [0.15, 0.2) is 0 Å². The summed E-state index contributed by atoms with van der Waals surface area (Å²) in [5, 5.41) is 0. The molecule has 0 radical (unpaired) electrons. The van der Waals surface area contributed by atoms with E-state index >= 15 is 0 Å². The molecular formula is C15H28. The van der Waals surface area contributed by atoms with Gasteiger partial charge in [0.15, 0.2) is 0 Å². The van der Waals surface area contributed by atoms with E-state index in [1.54, 1.807) is 0 Å². The number of hydrogen-bond acceptors (Lipinski definition) is 0. The van der Waals surface area contributed by atoms with Crippen molar-refractivity contribution in [1.82, 2.24) is 0 Å². The normalized spacial score (nSPS) is 14.5. The lowest BCUT2D eigenvalue weighted by Gasteiger charge is -2.16. The van der Waals surface area contributed by atoms with Gasteiger partial charge in [-0.1, -0.05) is 40.5 Å². The first-order chi connectivity index (χ1) is 7.06. The van der Waals surface area contributed by atoms with Crippen molar-refractivity contribution in [3.8, 4) is 11.8 Å². The summed E-state index contributed by atoms with van der Waals surface area (Å²) in [5.41, 5.74) is 0. The van der Waals surface area contributed by atoms with Gasteiger partial charge in [0.25, 0.3) is 0 Å². The Labute approximate surface area is 96.8 Å². The van der Waals surface area contributed by atoms with Gasteiger partial charge in [0.1, 0.15) is 0 Å². The highest BCUT2D eigenvalue weighted by atomic mass is 14.1. The van der Waals surface area contributed by atoms with Gasteiger partial charge in [0, 0.05) is 6.42 Å². The fourth-order valence-corrected chi connectivity index (χ4v) is 2.08. The van der Waals surface area contributed by atoms with Crippen LogP contribution in [0.3, 0.4) is 0 Å². The Balaban J connectivity index is 3.50. The fraction of sp³-hybridized carbons (Fsp3) is 0.867. The van der Waals surface area contributed by atoms with Crippen molar-refractivity contribution >= 4 is 0 Å². The van der Waals surface area contributed by atoms with Crippen LogP contribution in [0.5, 0.6) is 0 Å². The molecule has 0 bridgehead atoms. The monoisotopic (exact) mass is 208 g/mol. The molecule has 0 amide bonds. The van der Waals surface area contributed by atoms with Crippen LogP contribution in [0, 0.1) is 29.6 Å². The lowest BCUT2D eigenvalue weighted by atomic mass is 9.90. The van der Waals surface area contributed by atoms with Crippen molar-refractivity contribution in [1.29, 1.82) is 0 Å². The van der Waals surface area contributed by atoms with E-state index in [-0.39, 0.29) is 0 Å². The summed E-state index contributed by atoms with van der Waals surface area (Å²) < 4.78 is 0. The first-order valence-electron chi connectivity index (χ1n) is 6.45. The molecule has 0 aliphatic heterocycles. The van der Waals surface area contributed by atoms with Gasteiger partial charge in [-0.2, -0.15) is 0 Å². The van der Waals surface area contributed by atoms with Crippen molar-refractivity contribution in [3.05, 3.63) is 0 Å². The Kier molecular flexibility index (Phi) is 8.58. The summed E-state index contributed by atoms with van der Waals surface area (Å²) in [6.07, 6.45) is 6.49. The third-order valence-corrected chi connectivity index (χ3v) is 2.96. The van der Waals surface area contributed by atoms with Crippen LogP contribution in [0.1, 0.15) is 66.7 Å². The Hall–Kier alpha value is -0.440. The highest BCUT2D eigenvalue weighted by Gasteiger charge is 2.07. The minimum Gasteiger partial charge on any atom is -0.107 e. The lowest BCUT2D eigenvalue weighted by molar-refractivity contribution is 0.365. The molecule has 88 valence electrons. The SMILES string of the molecule is CC#CCCC(C)CCC(C)CC(C)C. The summed E-state index contributed by atoms with van der Waals surface area (Å²) in [4.78, 5) is 0. The van der Waals surface area contributed by atoms with Crippen LogP contribution in [0.25, 0.3) is 0 Å². The number of hydrogen-bond donors (Lipinski definition) is 0. The second-order valence-electron chi connectivity index (χ2n) is 5.38. The van der Waals surface area contributed by atoms with Crippen LogP contribution in [-0.4, -0.2) is 0 Å². The summed E-state index contributed by atoms with van der Waals surface area (Å²) in [7, 11) is 0. The van der Waals surface area contributed by atoms with Gasteiger partial charge in [-0.05, 0) is 37.5 Å². The van der Waals surface area contributed by atoms with E-state index in [1.807, 2.05) is 6.92 Å². The van der Waals surface area contributed by atoms with E-state index in [2.05, 4.69) is 39.5 Å². The van der Waals surface area contributed by atoms with Gasteiger partial charge < -0.3 is 0 Å². The Morgan fingerprint density at radius 3 is 2.00 bits per heavy atom. The summed E-state index contributed by atoms with van der Waals surface area (Å²) in [6, 6.07) is 0. The van der Waals surface area contributed by atoms with Crippen molar-refractivity contribution in [2.45, 2.75) is 66.7 Å². The highest BCUT2D eigenvalue weighted by molar-refractivity contribution is 4.94. The smallest absolute Gasteiger partial charge is 0.00911 e. The maximum atomic E-state index is 3.15. The molecule has 0 saturated carbocycles. The average Bonchev–Trinajstić information content (AvgIpc) is 2.14. The highest BCUT2D eigenvalue weighted by Crippen LogP contribution is 2.21. The molecule has 2 atom stereocenters. The molecule has 0 aliphatic rings. The zero-order valence-corrected chi connectivity index (χ0v) is 11.3. The predicted octanol–water partition coefficient (Wildman–Crippen LogP) is 4.89. The summed E-state index contributed by atoms with van der Waals surface area (Å²) in [5.74, 6) is 8.70. The van der Waals surface area contributed by atoms with Crippen molar-refractivity contribution in [2.75, 3.05) is 0 Å². The van der Waals surface area contributed by atoms with E-state index in [9.17, 15) is 0 Å². The van der Waals surface area contributed by atoms with Crippen LogP contribution in [0.2, 0.25) is 0 Å². The van der Waals surface area contributed by atoms with Gasteiger partial charge in [0.05, 0.1) is 0 Å². The molecule has 0 rings (SSSR count). The summed E-state index contributed by atoms with van der Waals surface area (Å²) in [6.45, 7) is 11.3. The van der Waals surface area contributed by atoms with Gasteiger partial charge in [-0.3, -0.25) is 0 Å². The first-order valence-corrected chi connectivity index (χ1v) is 6.45. The average molecular weight is 208 g/mol. The Morgan fingerprint density at radius 1 is 0.867 bits per heavy atom. The molecule has 0 fully saturated rings. The van der Waals surface area contributed by atoms with Crippen LogP contribution in [-0.2, 0) is 0 Å². The Bertz CT molecular complexity index is 192. The van der Waals surface area contributed by atoms with E-state index in [0.717, 1.165) is 24.2 Å². The largest absolute Gasteiger partial charge is 0.107 e. The van der Waals surface area contributed by atoms with Gasteiger partial charge in [-0.15, -0.1) is 11.8 Å². The second kappa shape index (κ2) is 8.84. The van der Waals surface area contributed by atoms with Gasteiger partial charge in [0.2, 0.25) is 0 Å². The first kappa shape index (κ1) is 14.6. The minimum absolute atomic E-state index is 0.848. The number of rotatable bonds is 7. The maximum absolute atomic E-state index is 3.15. The molecule has 0 heterocycles. The quantitative estimate of drug-likeness (QED) is 0.523. The van der Waals surface area contributed by atoms with Crippen LogP contribution >= 0.6 is 0 Å². The molecule has 2 unspecified atom stereocenters. The van der Waals surface area contributed by atoms with Crippen LogP contribution in [0.4, 0.5) is 0 Å². The minimum atomic E-state index is 0.848. The van der Waals surface area contributed by atoms with E-state index in [0.29, 0.717) is 0 Å². The third kappa shape index (κ3) is 9.85. The maximum Gasteiger partial charge on any atom is 0.00911 e. The fourth-order valence-electron chi connectivity index (χ4n) is 2.08. The second-order valence-corrected chi connectivity index (χ2v) is 5.38. The predicted molar refractivity (Wildman–Crippen MR) is 69.7 cm³/mol. The van der Waals surface area contributed by atoms with E-state index < -0.39 is 0 Å². The molecule has 0 nitrogen and oxygen atoms in total.